The Morgan fingerprint density at radius 3 is 3.00 bits per heavy atom. The monoisotopic (exact) mass is 359 g/mol. The predicted octanol–water partition coefficient (Wildman–Crippen LogP) is 4.13. The molecule has 3 nitrogen and oxygen atoms in total. The van der Waals surface area contributed by atoms with Gasteiger partial charge in [0.05, 0.1) is 6.10 Å². The lowest BCUT2D eigenvalue weighted by molar-refractivity contribution is 0.00211. The van der Waals surface area contributed by atoms with E-state index >= 15 is 0 Å². The molecule has 0 aliphatic carbocycles. The maximum absolute atomic E-state index is 12.5. The van der Waals surface area contributed by atoms with E-state index in [1.807, 2.05) is 11.0 Å². The molecule has 0 radical (unpaired) electrons. The molecule has 5 heteroatoms. The van der Waals surface area contributed by atoms with Gasteiger partial charge in [-0.25, -0.2) is 0 Å². The summed E-state index contributed by atoms with van der Waals surface area (Å²) in [6, 6.07) is 5.30. The fraction of sp³-hybridized carbons (Fsp3) is 0.533. The van der Waals surface area contributed by atoms with E-state index in [0.717, 1.165) is 36.9 Å². The number of piperidine rings is 1. The van der Waals surface area contributed by atoms with Crippen molar-refractivity contribution in [1.82, 2.24) is 4.90 Å². The molecule has 0 aromatic heterocycles. The van der Waals surface area contributed by atoms with Crippen LogP contribution in [-0.2, 0) is 4.74 Å². The highest BCUT2D eigenvalue weighted by molar-refractivity contribution is 9.10. The normalized spacial score (nSPS) is 19.1. The van der Waals surface area contributed by atoms with Crippen molar-refractivity contribution in [2.45, 2.75) is 32.3 Å². The van der Waals surface area contributed by atoms with Gasteiger partial charge in [-0.15, -0.1) is 0 Å². The van der Waals surface area contributed by atoms with E-state index in [-0.39, 0.29) is 12.0 Å². The van der Waals surface area contributed by atoms with Gasteiger partial charge in [-0.1, -0.05) is 34.5 Å². The van der Waals surface area contributed by atoms with Gasteiger partial charge in [-0.05, 0) is 37.5 Å². The molecule has 1 unspecified atom stereocenters. The summed E-state index contributed by atoms with van der Waals surface area (Å²) in [6.07, 6.45) is 3.19. The molecule has 1 atom stereocenters. The van der Waals surface area contributed by atoms with E-state index in [1.54, 1.807) is 12.1 Å². The number of hydrogen-bond acceptors (Lipinski definition) is 2. The first kappa shape index (κ1) is 15.8. The Morgan fingerprint density at radius 1 is 1.50 bits per heavy atom. The van der Waals surface area contributed by atoms with Gasteiger partial charge < -0.3 is 9.64 Å². The lowest BCUT2D eigenvalue weighted by Crippen LogP contribution is -2.43. The molecule has 1 fully saturated rings. The van der Waals surface area contributed by atoms with Crippen LogP contribution in [-0.4, -0.2) is 36.6 Å². The molecule has 0 N–H and O–H groups in total. The Morgan fingerprint density at radius 2 is 2.30 bits per heavy atom. The third kappa shape index (κ3) is 4.21. The summed E-state index contributed by atoms with van der Waals surface area (Å²) in [5, 5.41) is 0.568. The molecule has 0 spiro atoms. The van der Waals surface area contributed by atoms with Crippen molar-refractivity contribution in [1.29, 1.82) is 0 Å². The third-order valence-corrected chi connectivity index (χ3v) is 4.01. The smallest absolute Gasteiger partial charge is 0.254 e. The number of likely N-dealkylation sites (tertiary alicyclic amines) is 1. The Kier molecular flexibility index (Phi) is 5.87. The Labute approximate surface area is 133 Å². The highest BCUT2D eigenvalue weighted by Gasteiger charge is 2.25. The number of carbonyl (C=O) groups excluding carboxylic acids is 1. The second kappa shape index (κ2) is 7.43. The second-order valence-corrected chi connectivity index (χ2v) is 6.40. The lowest BCUT2D eigenvalue weighted by atomic mass is 10.1. The molecule has 1 aromatic rings. The van der Waals surface area contributed by atoms with Gasteiger partial charge in [-0.2, -0.15) is 0 Å². The molecular weight excluding hydrogens is 342 g/mol. The maximum atomic E-state index is 12.5. The summed E-state index contributed by atoms with van der Waals surface area (Å²) in [7, 11) is 0. The number of amides is 1. The summed E-state index contributed by atoms with van der Waals surface area (Å²) in [5.41, 5.74) is 0.625. The van der Waals surface area contributed by atoms with E-state index in [4.69, 9.17) is 16.3 Å². The maximum Gasteiger partial charge on any atom is 0.254 e. The zero-order chi connectivity index (χ0) is 14.5. The topological polar surface area (TPSA) is 29.5 Å². The Hall–Kier alpha value is -0.580. The molecule has 1 heterocycles. The number of ether oxygens (including phenoxy) is 1. The lowest BCUT2D eigenvalue weighted by Gasteiger charge is -2.32. The van der Waals surface area contributed by atoms with Crippen LogP contribution in [0.3, 0.4) is 0 Å². The summed E-state index contributed by atoms with van der Waals surface area (Å²) < 4.78 is 6.59. The molecule has 0 saturated carbocycles. The van der Waals surface area contributed by atoms with E-state index in [0.29, 0.717) is 17.1 Å². The molecule has 1 aliphatic rings. The molecule has 110 valence electrons. The molecule has 1 amide bonds. The largest absolute Gasteiger partial charge is 0.376 e. The SMILES string of the molecule is CCCOC1CCCN(C(=O)c2cc(Cl)cc(Br)c2)C1. The van der Waals surface area contributed by atoms with Crippen molar-refractivity contribution in [3.63, 3.8) is 0 Å². The molecule has 20 heavy (non-hydrogen) atoms. The van der Waals surface area contributed by atoms with Crippen LogP contribution in [0.2, 0.25) is 5.02 Å². The number of halogens is 2. The van der Waals surface area contributed by atoms with Crippen LogP contribution >= 0.6 is 27.5 Å². The number of benzene rings is 1. The van der Waals surface area contributed by atoms with E-state index in [9.17, 15) is 4.79 Å². The highest BCUT2D eigenvalue weighted by atomic mass is 79.9. The number of hydrogen-bond donors (Lipinski definition) is 0. The first-order chi connectivity index (χ1) is 9.60. The molecule has 0 bridgehead atoms. The third-order valence-electron chi connectivity index (χ3n) is 3.33. The molecule has 1 saturated heterocycles. The zero-order valence-electron chi connectivity index (χ0n) is 11.6. The zero-order valence-corrected chi connectivity index (χ0v) is 13.9. The quantitative estimate of drug-likeness (QED) is 0.808. The second-order valence-electron chi connectivity index (χ2n) is 5.04. The van der Waals surface area contributed by atoms with Crippen molar-refractivity contribution in [3.8, 4) is 0 Å². The van der Waals surface area contributed by atoms with Gasteiger partial charge in [0, 0.05) is 34.8 Å². The average Bonchev–Trinajstić information content (AvgIpc) is 2.43. The van der Waals surface area contributed by atoms with Crippen LogP contribution in [0, 0.1) is 0 Å². The van der Waals surface area contributed by atoms with Crippen LogP contribution < -0.4 is 0 Å². The predicted molar refractivity (Wildman–Crippen MR) is 84.3 cm³/mol. The minimum atomic E-state index is 0.0259. The summed E-state index contributed by atoms with van der Waals surface area (Å²) >= 11 is 9.38. The van der Waals surface area contributed by atoms with Crippen LogP contribution in [0.4, 0.5) is 0 Å². The van der Waals surface area contributed by atoms with E-state index < -0.39 is 0 Å². The first-order valence-electron chi connectivity index (χ1n) is 6.97. The Balaban J connectivity index is 2.04. The van der Waals surface area contributed by atoms with Gasteiger partial charge in [0.1, 0.15) is 0 Å². The summed E-state index contributed by atoms with van der Waals surface area (Å²) in [6.45, 7) is 4.31. The van der Waals surface area contributed by atoms with Crippen molar-refractivity contribution in [2.75, 3.05) is 19.7 Å². The fourth-order valence-corrected chi connectivity index (χ4v) is 3.26. The van der Waals surface area contributed by atoms with Crippen LogP contribution in [0.25, 0.3) is 0 Å². The van der Waals surface area contributed by atoms with Gasteiger partial charge in [0.2, 0.25) is 0 Å². The number of rotatable bonds is 4. The van der Waals surface area contributed by atoms with E-state index in [2.05, 4.69) is 22.9 Å². The van der Waals surface area contributed by atoms with Gasteiger partial charge >= 0.3 is 0 Å². The molecule has 1 aliphatic heterocycles. The van der Waals surface area contributed by atoms with Gasteiger partial charge in [0.15, 0.2) is 0 Å². The van der Waals surface area contributed by atoms with Gasteiger partial charge in [-0.3, -0.25) is 4.79 Å². The van der Waals surface area contributed by atoms with Crippen LogP contribution in [0.15, 0.2) is 22.7 Å². The standard InChI is InChI=1S/C15H19BrClNO2/c1-2-6-20-14-4-3-5-18(10-14)15(19)11-7-12(16)9-13(17)8-11/h7-9,14H,2-6,10H2,1H3. The number of nitrogens with zero attached hydrogens (tertiary/aromatic N) is 1. The number of carbonyl (C=O) groups is 1. The molecule has 2 rings (SSSR count). The first-order valence-corrected chi connectivity index (χ1v) is 8.14. The summed E-state index contributed by atoms with van der Waals surface area (Å²) in [5.74, 6) is 0.0259. The molecular formula is C15H19BrClNO2. The van der Waals surface area contributed by atoms with Crippen molar-refractivity contribution >= 4 is 33.4 Å². The Bertz CT molecular complexity index is 461. The van der Waals surface area contributed by atoms with E-state index in [1.165, 1.54) is 0 Å². The summed E-state index contributed by atoms with van der Waals surface area (Å²) in [4.78, 5) is 14.4. The van der Waals surface area contributed by atoms with Crippen molar-refractivity contribution < 1.29 is 9.53 Å². The fourth-order valence-electron chi connectivity index (χ4n) is 2.40. The van der Waals surface area contributed by atoms with Crippen molar-refractivity contribution in [3.05, 3.63) is 33.3 Å². The van der Waals surface area contributed by atoms with Crippen LogP contribution in [0.1, 0.15) is 36.5 Å². The minimum absolute atomic E-state index is 0.0259. The van der Waals surface area contributed by atoms with Gasteiger partial charge in [0.25, 0.3) is 5.91 Å². The highest BCUT2D eigenvalue weighted by Crippen LogP contribution is 2.22. The minimum Gasteiger partial charge on any atom is -0.376 e. The average molecular weight is 361 g/mol. The molecule has 1 aromatic carbocycles. The van der Waals surface area contributed by atoms with Crippen LogP contribution in [0.5, 0.6) is 0 Å². The van der Waals surface area contributed by atoms with Crippen molar-refractivity contribution in [2.24, 2.45) is 0 Å².